The summed E-state index contributed by atoms with van der Waals surface area (Å²) in [6.07, 6.45) is -0.0703. The quantitative estimate of drug-likeness (QED) is 0.860. The van der Waals surface area contributed by atoms with Gasteiger partial charge in [0.25, 0.3) is 0 Å². The third kappa shape index (κ3) is 2.86. The zero-order valence-electron chi connectivity index (χ0n) is 11.0. The number of ether oxygens (including phenoxy) is 1. The van der Waals surface area contributed by atoms with E-state index in [2.05, 4.69) is 5.32 Å². The molecule has 2 N–H and O–H groups in total. The second kappa shape index (κ2) is 5.30. The molecule has 1 aromatic rings. The molecular weight excluding hydrogens is 246 g/mol. The lowest BCUT2D eigenvalue weighted by Crippen LogP contribution is -2.31. The van der Waals surface area contributed by atoms with Crippen LogP contribution in [0.15, 0.2) is 12.1 Å². The van der Waals surface area contributed by atoms with Gasteiger partial charge < -0.3 is 15.2 Å². The first-order valence-corrected chi connectivity index (χ1v) is 6.22. The average Bonchev–Trinajstić information content (AvgIpc) is 2.72. The number of carbonyl (C=O) groups is 2. The molecule has 1 unspecified atom stereocenters. The van der Waals surface area contributed by atoms with Crippen LogP contribution in [0.3, 0.4) is 0 Å². The molecule has 0 bridgehead atoms. The summed E-state index contributed by atoms with van der Waals surface area (Å²) in [6, 6.07) is 3.91. The van der Waals surface area contributed by atoms with Crippen LogP contribution in [0.4, 0.5) is 0 Å². The third-order valence-corrected chi connectivity index (χ3v) is 3.36. The summed E-state index contributed by atoms with van der Waals surface area (Å²) >= 11 is 0. The van der Waals surface area contributed by atoms with Gasteiger partial charge in [0, 0.05) is 12.1 Å². The van der Waals surface area contributed by atoms with Crippen LogP contribution in [-0.2, 0) is 9.59 Å². The van der Waals surface area contributed by atoms with Gasteiger partial charge in [0.15, 0.2) is 0 Å². The van der Waals surface area contributed by atoms with E-state index in [0.717, 1.165) is 22.4 Å². The van der Waals surface area contributed by atoms with Gasteiger partial charge >= 0.3 is 5.97 Å². The molecule has 0 saturated carbocycles. The zero-order chi connectivity index (χ0) is 14.0. The lowest BCUT2D eigenvalue weighted by Gasteiger charge is -2.10. The molecule has 0 radical (unpaired) electrons. The fraction of sp³-hybridized carbons (Fsp3) is 0.429. The van der Waals surface area contributed by atoms with Crippen LogP contribution in [0.2, 0.25) is 0 Å². The number of carboxylic acids is 1. The first-order chi connectivity index (χ1) is 8.99. The standard InChI is InChI=1S/C14H17NO4/c1-8-5-10-11(7-19-12(10)6-9(8)2)14(18)15-4-3-13(16)17/h5-6,11H,3-4,7H2,1-2H3,(H,15,18)(H,16,17). The Balaban J connectivity index is 2.07. The van der Waals surface area contributed by atoms with E-state index in [1.807, 2.05) is 26.0 Å². The Hall–Kier alpha value is -2.04. The van der Waals surface area contributed by atoms with Crippen molar-refractivity contribution in [1.82, 2.24) is 5.32 Å². The molecule has 1 aliphatic heterocycles. The van der Waals surface area contributed by atoms with Crippen LogP contribution >= 0.6 is 0 Å². The second-order valence-corrected chi connectivity index (χ2v) is 4.77. The second-order valence-electron chi connectivity index (χ2n) is 4.77. The molecule has 5 nitrogen and oxygen atoms in total. The average molecular weight is 263 g/mol. The molecule has 5 heteroatoms. The summed E-state index contributed by atoms with van der Waals surface area (Å²) in [4.78, 5) is 22.4. The number of benzene rings is 1. The third-order valence-electron chi connectivity index (χ3n) is 3.36. The lowest BCUT2D eigenvalue weighted by atomic mass is 9.96. The van der Waals surface area contributed by atoms with E-state index in [4.69, 9.17) is 9.84 Å². The number of aryl methyl sites for hydroxylation is 2. The van der Waals surface area contributed by atoms with E-state index in [0.29, 0.717) is 6.61 Å². The monoisotopic (exact) mass is 263 g/mol. The van der Waals surface area contributed by atoms with Crippen molar-refractivity contribution in [3.8, 4) is 5.75 Å². The first kappa shape index (κ1) is 13.4. The molecule has 0 fully saturated rings. The minimum Gasteiger partial charge on any atom is -0.492 e. The lowest BCUT2D eigenvalue weighted by molar-refractivity contribution is -0.136. The van der Waals surface area contributed by atoms with E-state index < -0.39 is 5.97 Å². The fourth-order valence-electron chi connectivity index (χ4n) is 2.10. The molecule has 1 atom stereocenters. The highest BCUT2D eigenvalue weighted by Crippen LogP contribution is 2.35. The van der Waals surface area contributed by atoms with Crippen molar-refractivity contribution in [3.63, 3.8) is 0 Å². The molecule has 0 aromatic heterocycles. The number of rotatable bonds is 4. The number of carboxylic acid groups (broad SMARTS) is 1. The number of amides is 1. The largest absolute Gasteiger partial charge is 0.492 e. The van der Waals surface area contributed by atoms with Crippen molar-refractivity contribution < 1.29 is 19.4 Å². The van der Waals surface area contributed by atoms with E-state index in [1.165, 1.54) is 0 Å². The van der Waals surface area contributed by atoms with Gasteiger partial charge in [0.05, 0.1) is 6.42 Å². The predicted molar refractivity (Wildman–Crippen MR) is 69.4 cm³/mol. The van der Waals surface area contributed by atoms with Gasteiger partial charge in [-0.15, -0.1) is 0 Å². The summed E-state index contributed by atoms with van der Waals surface area (Å²) in [5.74, 6) is -0.692. The molecule has 0 aliphatic carbocycles. The molecule has 102 valence electrons. The van der Waals surface area contributed by atoms with Crippen molar-refractivity contribution in [2.45, 2.75) is 26.2 Å². The van der Waals surface area contributed by atoms with Gasteiger partial charge in [-0.1, -0.05) is 6.07 Å². The molecule has 1 heterocycles. The van der Waals surface area contributed by atoms with E-state index >= 15 is 0 Å². The minimum absolute atomic E-state index is 0.0703. The summed E-state index contributed by atoms with van der Waals surface area (Å²) in [6.45, 7) is 4.45. The molecular formula is C14H17NO4. The van der Waals surface area contributed by atoms with Crippen molar-refractivity contribution in [2.75, 3.05) is 13.2 Å². The predicted octanol–water partition coefficient (Wildman–Crippen LogP) is 1.37. The van der Waals surface area contributed by atoms with Gasteiger partial charge in [-0.3, -0.25) is 9.59 Å². The Kier molecular flexibility index (Phi) is 3.74. The van der Waals surface area contributed by atoms with Gasteiger partial charge in [0.2, 0.25) is 5.91 Å². The Bertz CT molecular complexity index is 524. The summed E-state index contributed by atoms with van der Waals surface area (Å²) in [5, 5.41) is 11.2. The van der Waals surface area contributed by atoms with E-state index in [1.54, 1.807) is 0 Å². The normalized spacial score (nSPS) is 16.6. The number of hydrogen-bond acceptors (Lipinski definition) is 3. The highest BCUT2D eigenvalue weighted by molar-refractivity contribution is 5.86. The molecule has 0 spiro atoms. The van der Waals surface area contributed by atoms with Gasteiger partial charge in [-0.05, 0) is 31.0 Å². The molecule has 1 aromatic carbocycles. The smallest absolute Gasteiger partial charge is 0.305 e. The molecule has 2 rings (SSSR count). The number of carbonyl (C=O) groups excluding carboxylic acids is 1. The SMILES string of the molecule is Cc1cc2c(cc1C)C(C(=O)NCCC(=O)O)CO2. The van der Waals surface area contributed by atoms with Crippen molar-refractivity contribution in [3.05, 3.63) is 28.8 Å². The van der Waals surface area contributed by atoms with Gasteiger partial charge in [-0.25, -0.2) is 0 Å². The molecule has 1 aliphatic rings. The summed E-state index contributed by atoms with van der Waals surface area (Å²) in [5.41, 5.74) is 3.13. The Morgan fingerprint density at radius 1 is 1.37 bits per heavy atom. The molecule has 1 amide bonds. The Morgan fingerprint density at radius 3 is 2.74 bits per heavy atom. The first-order valence-electron chi connectivity index (χ1n) is 6.22. The van der Waals surface area contributed by atoms with Crippen molar-refractivity contribution in [2.24, 2.45) is 0 Å². The number of aliphatic carboxylic acids is 1. The Labute approximate surface area is 111 Å². The Morgan fingerprint density at radius 2 is 2.05 bits per heavy atom. The molecule has 0 saturated heterocycles. The highest BCUT2D eigenvalue weighted by Gasteiger charge is 2.30. The number of nitrogens with one attached hydrogen (secondary N) is 1. The minimum atomic E-state index is -0.921. The topological polar surface area (TPSA) is 75.6 Å². The van der Waals surface area contributed by atoms with E-state index in [-0.39, 0.29) is 24.8 Å². The summed E-state index contributed by atoms with van der Waals surface area (Å²) in [7, 11) is 0. The van der Waals surface area contributed by atoms with Crippen LogP contribution in [0, 0.1) is 13.8 Å². The maximum atomic E-state index is 12.0. The maximum Gasteiger partial charge on any atom is 0.305 e. The van der Waals surface area contributed by atoms with Gasteiger partial charge in [0.1, 0.15) is 18.3 Å². The molecule has 19 heavy (non-hydrogen) atoms. The van der Waals surface area contributed by atoms with Crippen LogP contribution in [0.25, 0.3) is 0 Å². The number of fused-ring (bicyclic) bond motifs is 1. The van der Waals surface area contributed by atoms with E-state index in [9.17, 15) is 9.59 Å². The van der Waals surface area contributed by atoms with Crippen LogP contribution < -0.4 is 10.1 Å². The summed E-state index contributed by atoms with van der Waals surface area (Å²) < 4.78 is 5.52. The van der Waals surface area contributed by atoms with Crippen molar-refractivity contribution >= 4 is 11.9 Å². The van der Waals surface area contributed by atoms with Crippen LogP contribution in [-0.4, -0.2) is 30.1 Å². The van der Waals surface area contributed by atoms with Crippen molar-refractivity contribution in [1.29, 1.82) is 0 Å². The van der Waals surface area contributed by atoms with Crippen LogP contribution in [0.5, 0.6) is 5.75 Å². The number of hydrogen-bond donors (Lipinski definition) is 2. The fourth-order valence-corrected chi connectivity index (χ4v) is 2.10. The highest BCUT2D eigenvalue weighted by atomic mass is 16.5. The zero-order valence-corrected chi connectivity index (χ0v) is 11.0. The van der Waals surface area contributed by atoms with Gasteiger partial charge in [-0.2, -0.15) is 0 Å². The van der Waals surface area contributed by atoms with Crippen LogP contribution in [0.1, 0.15) is 29.0 Å². The maximum absolute atomic E-state index is 12.0.